The molecule has 3 heterocycles. The molecule has 0 amide bonds. The summed E-state index contributed by atoms with van der Waals surface area (Å²) in [6, 6.07) is 8.04. The summed E-state index contributed by atoms with van der Waals surface area (Å²) in [5.74, 6) is 0.882. The van der Waals surface area contributed by atoms with Crippen LogP contribution in [0.25, 0.3) is 17.3 Å². The number of para-hydroxylation sites is 1. The Bertz CT molecular complexity index is 889. The molecule has 7 nitrogen and oxygen atoms in total. The van der Waals surface area contributed by atoms with Crippen LogP contribution in [0.1, 0.15) is 30.4 Å². The molecule has 2 aromatic heterocycles. The summed E-state index contributed by atoms with van der Waals surface area (Å²) in [6.45, 7) is 7.69. The van der Waals surface area contributed by atoms with Crippen molar-refractivity contribution in [2.24, 2.45) is 0 Å². The Morgan fingerprint density at radius 1 is 1.19 bits per heavy atom. The minimum absolute atomic E-state index is 0.422. The van der Waals surface area contributed by atoms with Gasteiger partial charge in [-0.25, -0.2) is 4.68 Å². The first-order chi connectivity index (χ1) is 12.6. The van der Waals surface area contributed by atoms with E-state index in [1.165, 1.54) is 0 Å². The number of hydrogen-bond acceptors (Lipinski definition) is 6. The normalized spacial score (nSPS) is 20.0. The maximum atomic E-state index is 6.02. The van der Waals surface area contributed by atoms with E-state index < -0.39 is 5.60 Å². The van der Waals surface area contributed by atoms with Crippen LogP contribution >= 0.6 is 0 Å². The lowest BCUT2D eigenvalue weighted by Gasteiger charge is -2.22. The average molecular weight is 354 g/mol. The maximum absolute atomic E-state index is 6.02. The van der Waals surface area contributed by atoms with E-state index in [1.807, 2.05) is 23.7 Å². The molecule has 1 aromatic carbocycles. The van der Waals surface area contributed by atoms with Crippen molar-refractivity contribution in [1.82, 2.24) is 20.0 Å². The van der Waals surface area contributed by atoms with Gasteiger partial charge in [-0.1, -0.05) is 18.2 Å². The van der Waals surface area contributed by atoms with E-state index in [9.17, 15) is 0 Å². The quantitative estimate of drug-likeness (QED) is 0.700. The van der Waals surface area contributed by atoms with Gasteiger partial charge in [0.15, 0.2) is 5.60 Å². The summed E-state index contributed by atoms with van der Waals surface area (Å²) in [7, 11) is 0. The monoisotopic (exact) mass is 354 g/mol. The van der Waals surface area contributed by atoms with Gasteiger partial charge in [-0.2, -0.15) is 5.10 Å². The van der Waals surface area contributed by atoms with Crippen molar-refractivity contribution in [3.63, 3.8) is 0 Å². The standard InChI is InChI=1S/C19H22N4O3/c1-4-25-19(9-11-24-12-19)18-22-21-17(26-18)15-8-10-20-23(15)16-13(2)6-5-7-14(16)3/h5-8,10H,4,9,11-12H2,1-3H3. The zero-order valence-electron chi connectivity index (χ0n) is 15.2. The van der Waals surface area contributed by atoms with Gasteiger partial charge in [0, 0.05) is 13.0 Å². The van der Waals surface area contributed by atoms with Crippen LogP contribution in [0.2, 0.25) is 0 Å². The van der Waals surface area contributed by atoms with Gasteiger partial charge >= 0.3 is 0 Å². The fraction of sp³-hybridized carbons (Fsp3) is 0.421. The van der Waals surface area contributed by atoms with Crippen molar-refractivity contribution in [3.05, 3.63) is 47.5 Å². The molecular formula is C19H22N4O3. The summed E-state index contributed by atoms with van der Waals surface area (Å²) >= 11 is 0. The van der Waals surface area contributed by atoms with Gasteiger partial charge in [-0.15, -0.1) is 10.2 Å². The Morgan fingerprint density at radius 2 is 2.00 bits per heavy atom. The van der Waals surface area contributed by atoms with Crippen LogP contribution in [-0.2, 0) is 15.1 Å². The molecule has 7 heteroatoms. The second-order valence-electron chi connectivity index (χ2n) is 6.51. The van der Waals surface area contributed by atoms with Crippen LogP contribution in [0.15, 0.2) is 34.9 Å². The number of nitrogens with zero attached hydrogens (tertiary/aromatic N) is 4. The van der Waals surface area contributed by atoms with Crippen LogP contribution in [0.3, 0.4) is 0 Å². The lowest BCUT2D eigenvalue weighted by Crippen LogP contribution is -2.30. The van der Waals surface area contributed by atoms with Crippen LogP contribution < -0.4 is 0 Å². The number of aryl methyl sites for hydroxylation is 2. The topological polar surface area (TPSA) is 75.2 Å². The Morgan fingerprint density at radius 3 is 2.69 bits per heavy atom. The minimum atomic E-state index is -0.649. The largest absolute Gasteiger partial charge is 0.416 e. The molecule has 0 spiro atoms. The Kier molecular flexibility index (Phi) is 4.34. The van der Waals surface area contributed by atoms with Gasteiger partial charge < -0.3 is 13.9 Å². The SMILES string of the molecule is CCOC1(c2nnc(-c3ccnn3-c3c(C)cccc3C)o2)CCOC1. The summed E-state index contributed by atoms with van der Waals surface area (Å²) in [5, 5.41) is 13.0. The Balaban J connectivity index is 1.75. The highest BCUT2D eigenvalue weighted by Gasteiger charge is 2.43. The highest BCUT2D eigenvalue weighted by molar-refractivity contribution is 5.56. The second kappa shape index (κ2) is 6.66. The lowest BCUT2D eigenvalue weighted by molar-refractivity contribution is -0.0657. The zero-order chi connectivity index (χ0) is 18.1. The van der Waals surface area contributed by atoms with Crippen molar-refractivity contribution < 1.29 is 13.9 Å². The molecule has 1 unspecified atom stereocenters. The number of benzene rings is 1. The van der Waals surface area contributed by atoms with Crippen LogP contribution in [0, 0.1) is 13.8 Å². The van der Waals surface area contributed by atoms with Gasteiger partial charge in [0.2, 0.25) is 0 Å². The van der Waals surface area contributed by atoms with E-state index in [0.717, 1.165) is 22.5 Å². The van der Waals surface area contributed by atoms with Gasteiger partial charge in [-0.05, 0) is 38.0 Å². The summed E-state index contributed by atoms with van der Waals surface area (Å²) in [5.41, 5.74) is 3.39. The van der Waals surface area contributed by atoms with E-state index >= 15 is 0 Å². The van der Waals surface area contributed by atoms with Crippen molar-refractivity contribution in [2.75, 3.05) is 19.8 Å². The van der Waals surface area contributed by atoms with E-state index in [1.54, 1.807) is 6.20 Å². The van der Waals surface area contributed by atoms with Crippen LogP contribution in [0.4, 0.5) is 0 Å². The molecule has 1 atom stereocenters. The molecule has 136 valence electrons. The van der Waals surface area contributed by atoms with E-state index in [4.69, 9.17) is 13.9 Å². The molecule has 1 saturated heterocycles. The molecule has 0 bridgehead atoms. The first-order valence-electron chi connectivity index (χ1n) is 8.81. The van der Waals surface area contributed by atoms with Crippen molar-refractivity contribution in [3.8, 4) is 17.3 Å². The third-order valence-electron chi connectivity index (χ3n) is 4.73. The number of rotatable bonds is 5. The van der Waals surface area contributed by atoms with Gasteiger partial charge in [-0.3, -0.25) is 0 Å². The molecule has 26 heavy (non-hydrogen) atoms. The summed E-state index contributed by atoms with van der Waals surface area (Å²) in [4.78, 5) is 0. The molecule has 3 aromatic rings. The van der Waals surface area contributed by atoms with E-state index in [0.29, 0.717) is 38.0 Å². The average Bonchev–Trinajstić information content (AvgIpc) is 3.35. The molecule has 1 fully saturated rings. The minimum Gasteiger partial charge on any atom is -0.416 e. The first-order valence-corrected chi connectivity index (χ1v) is 8.81. The third-order valence-corrected chi connectivity index (χ3v) is 4.73. The molecule has 0 saturated carbocycles. The Labute approximate surface area is 151 Å². The number of ether oxygens (including phenoxy) is 2. The summed E-state index contributed by atoms with van der Waals surface area (Å²) < 4.78 is 19.3. The smallest absolute Gasteiger partial charge is 0.266 e. The lowest BCUT2D eigenvalue weighted by atomic mass is 10.0. The van der Waals surface area contributed by atoms with Crippen molar-refractivity contribution >= 4 is 0 Å². The van der Waals surface area contributed by atoms with Gasteiger partial charge in [0.05, 0.1) is 25.1 Å². The third kappa shape index (κ3) is 2.73. The predicted molar refractivity (Wildman–Crippen MR) is 95.1 cm³/mol. The number of hydrogen-bond donors (Lipinski definition) is 0. The fourth-order valence-corrected chi connectivity index (χ4v) is 3.46. The zero-order valence-corrected chi connectivity index (χ0v) is 15.2. The highest BCUT2D eigenvalue weighted by atomic mass is 16.6. The molecule has 0 aliphatic carbocycles. The number of aromatic nitrogens is 4. The summed E-state index contributed by atoms with van der Waals surface area (Å²) in [6.07, 6.45) is 2.45. The molecule has 0 N–H and O–H groups in total. The molecule has 1 aliphatic heterocycles. The first kappa shape index (κ1) is 16.9. The van der Waals surface area contributed by atoms with Gasteiger partial charge in [0.1, 0.15) is 5.69 Å². The van der Waals surface area contributed by atoms with Crippen LogP contribution in [0.5, 0.6) is 0 Å². The Hall–Kier alpha value is -2.51. The fourth-order valence-electron chi connectivity index (χ4n) is 3.46. The molecule has 4 rings (SSSR count). The predicted octanol–water partition coefficient (Wildman–Crippen LogP) is 3.19. The van der Waals surface area contributed by atoms with Crippen LogP contribution in [-0.4, -0.2) is 39.8 Å². The van der Waals surface area contributed by atoms with E-state index in [-0.39, 0.29) is 0 Å². The molecule has 0 radical (unpaired) electrons. The highest BCUT2D eigenvalue weighted by Crippen LogP contribution is 2.35. The van der Waals surface area contributed by atoms with Crippen molar-refractivity contribution in [2.45, 2.75) is 32.8 Å². The second-order valence-corrected chi connectivity index (χ2v) is 6.51. The van der Waals surface area contributed by atoms with E-state index in [2.05, 4.69) is 41.3 Å². The molecular weight excluding hydrogens is 332 g/mol. The molecule has 1 aliphatic rings. The maximum Gasteiger partial charge on any atom is 0.266 e. The van der Waals surface area contributed by atoms with Gasteiger partial charge in [0.25, 0.3) is 11.8 Å². The van der Waals surface area contributed by atoms with Crippen molar-refractivity contribution in [1.29, 1.82) is 0 Å².